The third-order valence-electron chi connectivity index (χ3n) is 4.17. The van der Waals surface area contributed by atoms with Crippen molar-refractivity contribution in [3.8, 4) is 6.07 Å². The molecule has 0 spiro atoms. The SMILES string of the molecule is N#C[C@]1(Cl)C(=O)N=C(C(=O)c2ccccc2)C[C@H]1c1ccccc1F. The Balaban J connectivity index is 2.07. The number of aliphatic imine (C=N–C) groups is 1. The first-order valence-electron chi connectivity index (χ1n) is 7.53. The van der Waals surface area contributed by atoms with Crippen molar-refractivity contribution in [2.45, 2.75) is 17.2 Å². The van der Waals surface area contributed by atoms with Crippen molar-refractivity contribution < 1.29 is 14.0 Å². The number of nitrogens with zero attached hydrogens (tertiary/aromatic N) is 2. The van der Waals surface area contributed by atoms with Gasteiger partial charge < -0.3 is 0 Å². The van der Waals surface area contributed by atoms with Gasteiger partial charge in [0.05, 0.1) is 11.8 Å². The quantitative estimate of drug-likeness (QED) is 0.623. The van der Waals surface area contributed by atoms with Crippen LogP contribution in [0.1, 0.15) is 28.3 Å². The van der Waals surface area contributed by atoms with E-state index in [-0.39, 0.29) is 17.7 Å². The van der Waals surface area contributed by atoms with Gasteiger partial charge in [-0.15, -0.1) is 0 Å². The molecule has 1 aliphatic heterocycles. The fourth-order valence-electron chi connectivity index (χ4n) is 2.84. The highest BCUT2D eigenvalue weighted by Crippen LogP contribution is 2.42. The lowest BCUT2D eigenvalue weighted by atomic mass is 9.78. The average molecular weight is 355 g/mol. The van der Waals surface area contributed by atoms with Gasteiger partial charge >= 0.3 is 0 Å². The number of benzene rings is 2. The van der Waals surface area contributed by atoms with Crippen molar-refractivity contribution >= 4 is 29.0 Å². The monoisotopic (exact) mass is 354 g/mol. The maximum absolute atomic E-state index is 14.2. The zero-order chi connectivity index (χ0) is 18.0. The van der Waals surface area contributed by atoms with Crippen LogP contribution in [0.5, 0.6) is 0 Å². The van der Waals surface area contributed by atoms with Gasteiger partial charge in [-0.25, -0.2) is 9.38 Å². The number of hydrogen-bond donors (Lipinski definition) is 0. The van der Waals surface area contributed by atoms with Crippen LogP contribution in [0.4, 0.5) is 4.39 Å². The molecule has 0 saturated carbocycles. The zero-order valence-electron chi connectivity index (χ0n) is 12.9. The van der Waals surface area contributed by atoms with Crippen LogP contribution >= 0.6 is 11.6 Å². The van der Waals surface area contributed by atoms with Gasteiger partial charge in [0, 0.05) is 17.9 Å². The molecular weight excluding hydrogens is 343 g/mol. The second kappa shape index (κ2) is 6.58. The number of Topliss-reactive ketones (excluding diaryl/α,β-unsaturated/α-hetero) is 1. The third kappa shape index (κ3) is 2.97. The first-order valence-corrected chi connectivity index (χ1v) is 7.91. The lowest BCUT2D eigenvalue weighted by Gasteiger charge is -2.31. The van der Waals surface area contributed by atoms with E-state index < -0.39 is 28.3 Å². The minimum Gasteiger partial charge on any atom is -0.287 e. The summed E-state index contributed by atoms with van der Waals surface area (Å²) in [5.74, 6) is -2.98. The molecule has 0 aliphatic carbocycles. The van der Waals surface area contributed by atoms with E-state index in [9.17, 15) is 19.2 Å². The van der Waals surface area contributed by atoms with E-state index in [2.05, 4.69) is 4.99 Å². The third-order valence-corrected chi connectivity index (χ3v) is 4.68. The van der Waals surface area contributed by atoms with Crippen molar-refractivity contribution in [1.82, 2.24) is 0 Å². The van der Waals surface area contributed by atoms with Crippen LogP contribution < -0.4 is 0 Å². The number of amides is 1. The largest absolute Gasteiger partial charge is 0.287 e. The lowest BCUT2D eigenvalue weighted by Crippen LogP contribution is -2.43. The van der Waals surface area contributed by atoms with Gasteiger partial charge in [0.25, 0.3) is 5.91 Å². The van der Waals surface area contributed by atoms with E-state index in [0.29, 0.717) is 5.56 Å². The summed E-state index contributed by atoms with van der Waals surface area (Å²) in [5, 5.41) is 9.41. The van der Waals surface area contributed by atoms with Crippen molar-refractivity contribution in [2.75, 3.05) is 0 Å². The van der Waals surface area contributed by atoms with Crippen LogP contribution in [0.25, 0.3) is 0 Å². The molecule has 3 rings (SSSR count). The second-order valence-corrected chi connectivity index (χ2v) is 6.26. The molecule has 0 saturated heterocycles. The molecule has 0 unspecified atom stereocenters. The van der Waals surface area contributed by atoms with Gasteiger partial charge in [0.2, 0.25) is 10.7 Å². The fourth-order valence-corrected chi connectivity index (χ4v) is 3.08. The first-order chi connectivity index (χ1) is 12.0. The van der Waals surface area contributed by atoms with Crippen molar-refractivity contribution in [3.05, 3.63) is 71.5 Å². The van der Waals surface area contributed by atoms with E-state index in [1.54, 1.807) is 42.5 Å². The summed E-state index contributed by atoms with van der Waals surface area (Å²) in [5.41, 5.74) is 0.442. The Morgan fingerprint density at radius 3 is 2.48 bits per heavy atom. The van der Waals surface area contributed by atoms with Gasteiger partial charge in [0.15, 0.2) is 0 Å². The van der Waals surface area contributed by atoms with Crippen LogP contribution in [-0.4, -0.2) is 22.3 Å². The molecule has 0 radical (unpaired) electrons. The summed E-state index contributed by atoms with van der Waals surface area (Å²) in [6, 6.07) is 15.8. The summed E-state index contributed by atoms with van der Waals surface area (Å²) in [4.78, 5) is 26.7. The highest BCUT2D eigenvalue weighted by Gasteiger charge is 2.50. The van der Waals surface area contributed by atoms with E-state index in [0.717, 1.165) is 0 Å². The summed E-state index contributed by atoms with van der Waals surface area (Å²) < 4.78 is 14.2. The highest BCUT2D eigenvalue weighted by molar-refractivity contribution is 6.50. The molecule has 25 heavy (non-hydrogen) atoms. The Bertz CT molecular complexity index is 921. The highest BCUT2D eigenvalue weighted by atomic mass is 35.5. The number of alkyl halides is 1. The van der Waals surface area contributed by atoms with Gasteiger partial charge in [-0.3, -0.25) is 9.59 Å². The molecule has 1 aliphatic rings. The van der Waals surface area contributed by atoms with Gasteiger partial charge in [-0.2, -0.15) is 5.26 Å². The van der Waals surface area contributed by atoms with Crippen molar-refractivity contribution in [3.63, 3.8) is 0 Å². The summed E-state index contributed by atoms with van der Waals surface area (Å²) in [6.45, 7) is 0. The van der Waals surface area contributed by atoms with Crippen molar-refractivity contribution in [1.29, 1.82) is 5.26 Å². The maximum atomic E-state index is 14.2. The molecule has 0 aromatic heterocycles. The van der Waals surface area contributed by atoms with Crippen LogP contribution in [0, 0.1) is 17.1 Å². The normalized spacial score (nSPS) is 22.8. The molecule has 1 heterocycles. The zero-order valence-corrected chi connectivity index (χ0v) is 13.7. The van der Waals surface area contributed by atoms with Crippen LogP contribution in [-0.2, 0) is 4.79 Å². The standard InChI is InChI=1S/C19H12ClFN2O2/c20-19(11-22)14(13-8-4-5-9-15(13)21)10-16(23-18(19)25)17(24)12-6-2-1-3-7-12/h1-9,14H,10H2/t14-,19+/m0/s1. The van der Waals surface area contributed by atoms with E-state index >= 15 is 0 Å². The minimum absolute atomic E-state index is 0.0315. The first kappa shape index (κ1) is 17.0. The van der Waals surface area contributed by atoms with Crippen LogP contribution in [0.3, 0.4) is 0 Å². The number of rotatable bonds is 3. The number of halogens is 2. The van der Waals surface area contributed by atoms with Crippen LogP contribution in [0.2, 0.25) is 0 Å². The summed E-state index contributed by atoms with van der Waals surface area (Å²) in [7, 11) is 0. The van der Waals surface area contributed by atoms with Crippen LogP contribution in [0.15, 0.2) is 59.6 Å². The minimum atomic E-state index is -2.04. The van der Waals surface area contributed by atoms with Gasteiger partial charge in [0.1, 0.15) is 5.82 Å². The topological polar surface area (TPSA) is 70.3 Å². The Kier molecular flexibility index (Phi) is 4.47. The molecular formula is C19H12ClFN2O2. The van der Waals surface area contributed by atoms with E-state index in [4.69, 9.17) is 11.6 Å². The molecule has 2 aromatic carbocycles. The predicted molar refractivity (Wildman–Crippen MR) is 91.2 cm³/mol. The molecule has 6 heteroatoms. The summed E-state index contributed by atoms with van der Waals surface area (Å²) >= 11 is 6.20. The molecule has 2 aromatic rings. The Labute approximate surface area is 148 Å². The van der Waals surface area contributed by atoms with Gasteiger partial charge in [-0.05, 0) is 11.6 Å². The fraction of sp³-hybridized carbons (Fsp3) is 0.158. The molecule has 0 fully saturated rings. The molecule has 0 bridgehead atoms. The van der Waals surface area contributed by atoms with Crippen molar-refractivity contribution in [2.24, 2.45) is 4.99 Å². The number of hydrogen-bond acceptors (Lipinski definition) is 3. The molecule has 2 atom stereocenters. The number of carbonyl (C=O) groups is 2. The number of ketones is 1. The molecule has 124 valence electrons. The number of nitriles is 1. The Morgan fingerprint density at radius 2 is 1.84 bits per heavy atom. The smallest absolute Gasteiger partial charge is 0.282 e. The van der Waals surface area contributed by atoms with Gasteiger partial charge in [-0.1, -0.05) is 60.1 Å². The predicted octanol–water partition coefficient (Wildman–Crippen LogP) is 3.66. The van der Waals surface area contributed by atoms with E-state index in [1.165, 1.54) is 18.2 Å². The average Bonchev–Trinajstić information content (AvgIpc) is 2.64. The molecule has 4 nitrogen and oxygen atoms in total. The Morgan fingerprint density at radius 1 is 1.20 bits per heavy atom. The molecule has 1 amide bonds. The number of carbonyl (C=O) groups excluding carboxylic acids is 2. The van der Waals surface area contributed by atoms with E-state index in [1.807, 2.05) is 0 Å². The maximum Gasteiger partial charge on any atom is 0.282 e. The summed E-state index contributed by atoms with van der Waals surface area (Å²) in [6.07, 6.45) is -0.0997. The Hall–Kier alpha value is -2.84. The second-order valence-electron chi connectivity index (χ2n) is 5.66. The molecule has 0 N–H and O–H groups in total. The lowest BCUT2D eigenvalue weighted by molar-refractivity contribution is -0.119.